The fraction of sp³-hybridized carbons (Fsp3) is 0.250. The van der Waals surface area contributed by atoms with Gasteiger partial charge < -0.3 is 5.32 Å². The van der Waals surface area contributed by atoms with Crippen LogP contribution in [-0.4, -0.2) is 6.54 Å². The second-order valence-electron chi connectivity index (χ2n) is 4.72. The summed E-state index contributed by atoms with van der Waals surface area (Å²) >= 11 is 15.7. The van der Waals surface area contributed by atoms with Crippen LogP contribution in [0.1, 0.15) is 24.1 Å². The van der Waals surface area contributed by atoms with E-state index in [0.29, 0.717) is 16.5 Å². The van der Waals surface area contributed by atoms with Crippen LogP contribution in [0.2, 0.25) is 10.0 Å². The lowest BCUT2D eigenvalue weighted by molar-refractivity contribution is 0.545. The Morgan fingerprint density at radius 1 is 1.19 bits per heavy atom. The van der Waals surface area contributed by atoms with Crippen molar-refractivity contribution in [2.75, 3.05) is 6.54 Å². The molecule has 0 radical (unpaired) electrons. The maximum absolute atomic E-state index is 13.3. The molecule has 5 heteroatoms. The van der Waals surface area contributed by atoms with Crippen LogP contribution >= 0.6 is 39.1 Å². The summed E-state index contributed by atoms with van der Waals surface area (Å²) in [7, 11) is 0. The predicted octanol–water partition coefficient (Wildman–Crippen LogP) is 5.79. The molecule has 0 aliphatic rings. The van der Waals surface area contributed by atoms with E-state index in [2.05, 4.69) is 21.2 Å². The molecule has 2 aromatic rings. The number of nitrogens with one attached hydrogen (secondary N) is 1. The molecule has 0 saturated carbocycles. The van der Waals surface area contributed by atoms with Gasteiger partial charge in [0.15, 0.2) is 0 Å². The van der Waals surface area contributed by atoms with Gasteiger partial charge in [0.25, 0.3) is 0 Å². The lowest BCUT2D eigenvalue weighted by atomic mass is 9.98. The van der Waals surface area contributed by atoms with Gasteiger partial charge in [-0.15, -0.1) is 0 Å². The van der Waals surface area contributed by atoms with Crippen molar-refractivity contribution in [3.05, 3.63) is 67.9 Å². The summed E-state index contributed by atoms with van der Waals surface area (Å²) in [6.45, 7) is 2.83. The molecule has 1 N–H and O–H groups in total. The fourth-order valence-corrected chi connectivity index (χ4v) is 3.26. The van der Waals surface area contributed by atoms with Crippen molar-refractivity contribution in [2.24, 2.45) is 0 Å². The molecule has 0 saturated heterocycles. The smallest absolute Gasteiger partial charge is 0.124 e. The molecule has 0 fully saturated rings. The molecular formula is C16H15BrCl2FN. The Balaban J connectivity index is 2.32. The Hall–Kier alpha value is -0.610. The third-order valence-electron chi connectivity index (χ3n) is 3.22. The number of hydrogen-bond donors (Lipinski definition) is 1. The number of hydrogen-bond acceptors (Lipinski definition) is 1. The van der Waals surface area contributed by atoms with Crippen LogP contribution in [0.15, 0.2) is 40.9 Å². The molecular weight excluding hydrogens is 376 g/mol. The third kappa shape index (κ3) is 4.43. The fourth-order valence-electron chi connectivity index (χ4n) is 2.24. The standard InChI is InChI=1S/C16H15BrCl2FN/c1-2-21-16(13-5-4-12(20)9-14(13)17)8-10-7-11(18)3-6-15(10)19/h3-7,9,16,21H,2,8H2,1H3. The first kappa shape index (κ1) is 16.8. The van der Waals surface area contributed by atoms with Crippen molar-refractivity contribution in [3.8, 4) is 0 Å². The van der Waals surface area contributed by atoms with Crippen LogP contribution in [-0.2, 0) is 6.42 Å². The van der Waals surface area contributed by atoms with Crippen molar-refractivity contribution >= 4 is 39.1 Å². The number of likely N-dealkylation sites (N-methyl/N-ethyl adjacent to an activating group) is 1. The predicted molar refractivity (Wildman–Crippen MR) is 90.7 cm³/mol. The minimum Gasteiger partial charge on any atom is -0.310 e. The topological polar surface area (TPSA) is 12.0 Å². The van der Waals surface area contributed by atoms with Crippen LogP contribution in [0.4, 0.5) is 4.39 Å². The van der Waals surface area contributed by atoms with Crippen LogP contribution in [0.25, 0.3) is 0 Å². The van der Waals surface area contributed by atoms with E-state index in [1.54, 1.807) is 18.2 Å². The minimum absolute atomic E-state index is 0.0286. The molecule has 21 heavy (non-hydrogen) atoms. The second kappa shape index (κ2) is 7.59. The van der Waals surface area contributed by atoms with Gasteiger partial charge in [-0.3, -0.25) is 0 Å². The molecule has 2 rings (SSSR count). The first-order valence-electron chi connectivity index (χ1n) is 6.63. The molecule has 0 aromatic heterocycles. The molecule has 2 aromatic carbocycles. The third-order valence-corrected chi connectivity index (χ3v) is 4.51. The highest BCUT2D eigenvalue weighted by atomic mass is 79.9. The zero-order chi connectivity index (χ0) is 15.4. The van der Waals surface area contributed by atoms with E-state index < -0.39 is 0 Å². The highest BCUT2D eigenvalue weighted by Crippen LogP contribution is 2.30. The van der Waals surface area contributed by atoms with Crippen molar-refractivity contribution < 1.29 is 4.39 Å². The average Bonchev–Trinajstić information content (AvgIpc) is 2.42. The molecule has 1 unspecified atom stereocenters. The van der Waals surface area contributed by atoms with E-state index in [1.807, 2.05) is 13.0 Å². The summed E-state index contributed by atoms with van der Waals surface area (Å²) in [5, 5.41) is 4.74. The summed E-state index contributed by atoms with van der Waals surface area (Å²) < 4.78 is 14.0. The lowest BCUT2D eigenvalue weighted by Crippen LogP contribution is -2.23. The van der Waals surface area contributed by atoms with Crippen LogP contribution in [0.5, 0.6) is 0 Å². The van der Waals surface area contributed by atoms with Gasteiger partial charge in [0.1, 0.15) is 5.82 Å². The largest absolute Gasteiger partial charge is 0.310 e. The van der Waals surface area contributed by atoms with Crippen LogP contribution < -0.4 is 5.32 Å². The van der Waals surface area contributed by atoms with E-state index in [1.165, 1.54) is 12.1 Å². The van der Waals surface area contributed by atoms with Crippen molar-refractivity contribution in [3.63, 3.8) is 0 Å². The zero-order valence-electron chi connectivity index (χ0n) is 11.5. The summed E-state index contributed by atoms with van der Waals surface area (Å²) in [5.41, 5.74) is 1.96. The Kier molecular flexibility index (Phi) is 6.06. The molecule has 0 spiro atoms. The van der Waals surface area contributed by atoms with Gasteiger partial charge in [-0.25, -0.2) is 4.39 Å². The van der Waals surface area contributed by atoms with Gasteiger partial charge in [-0.1, -0.05) is 52.1 Å². The molecule has 112 valence electrons. The van der Waals surface area contributed by atoms with E-state index in [4.69, 9.17) is 23.2 Å². The van der Waals surface area contributed by atoms with Gasteiger partial charge >= 0.3 is 0 Å². The number of rotatable bonds is 5. The zero-order valence-corrected chi connectivity index (χ0v) is 14.6. The van der Waals surface area contributed by atoms with E-state index >= 15 is 0 Å². The Morgan fingerprint density at radius 2 is 1.95 bits per heavy atom. The molecule has 0 amide bonds. The second-order valence-corrected chi connectivity index (χ2v) is 6.41. The van der Waals surface area contributed by atoms with Gasteiger partial charge in [-0.05, 0) is 54.4 Å². The molecule has 0 bridgehead atoms. The molecule has 1 atom stereocenters. The van der Waals surface area contributed by atoms with Crippen LogP contribution in [0.3, 0.4) is 0 Å². The number of benzene rings is 2. The van der Waals surface area contributed by atoms with Crippen molar-refractivity contribution in [1.82, 2.24) is 5.32 Å². The summed E-state index contributed by atoms with van der Waals surface area (Å²) in [4.78, 5) is 0. The van der Waals surface area contributed by atoms with Crippen LogP contribution in [0, 0.1) is 5.82 Å². The van der Waals surface area contributed by atoms with E-state index in [-0.39, 0.29) is 11.9 Å². The highest BCUT2D eigenvalue weighted by molar-refractivity contribution is 9.10. The Bertz CT molecular complexity index is 634. The molecule has 0 aliphatic carbocycles. The Morgan fingerprint density at radius 3 is 2.62 bits per heavy atom. The molecule has 0 aliphatic heterocycles. The Labute approximate surface area is 142 Å². The summed E-state index contributed by atoms with van der Waals surface area (Å²) in [6, 6.07) is 10.2. The first-order valence-corrected chi connectivity index (χ1v) is 8.18. The molecule has 1 nitrogen and oxygen atoms in total. The highest BCUT2D eigenvalue weighted by Gasteiger charge is 2.16. The van der Waals surface area contributed by atoms with Crippen molar-refractivity contribution in [2.45, 2.75) is 19.4 Å². The quantitative estimate of drug-likeness (QED) is 0.681. The van der Waals surface area contributed by atoms with Crippen molar-refractivity contribution in [1.29, 1.82) is 0 Å². The SMILES string of the molecule is CCNC(Cc1cc(Cl)ccc1Cl)c1ccc(F)cc1Br. The van der Waals surface area contributed by atoms with Gasteiger partial charge in [0.2, 0.25) is 0 Å². The van der Waals surface area contributed by atoms with Gasteiger partial charge in [-0.2, -0.15) is 0 Å². The minimum atomic E-state index is -0.262. The first-order chi connectivity index (χ1) is 10.0. The van der Waals surface area contributed by atoms with E-state index in [9.17, 15) is 4.39 Å². The monoisotopic (exact) mass is 389 g/mol. The maximum Gasteiger partial charge on any atom is 0.124 e. The normalized spacial score (nSPS) is 12.4. The van der Waals surface area contributed by atoms with E-state index in [0.717, 1.165) is 22.1 Å². The summed E-state index contributed by atoms with van der Waals surface area (Å²) in [6.07, 6.45) is 0.678. The summed E-state index contributed by atoms with van der Waals surface area (Å²) in [5.74, 6) is -0.262. The van der Waals surface area contributed by atoms with Gasteiger partial charge in [0, 0.05) is 20.6 Å². The molecule has 0 heterocycles. The lowest BCUT2D eigenvalue weighted by Gasteiger charge is -2.20. The van der Waals surface area contributed by atoms with Gasteiger partial charge in [0.05, 0.1) is 0 Å². The average molecular weight is 391 g/mol. The number of halogens is 4. The maximum atomic E-state index is 13.3.